The molecule has 0 saturated carbocycles. The third-order valence-corrected chi connectivity index (χ3v) is 3.00. The van der Waals surface area contributed by atoms with Gasteiger partial charge in [-0.2, -0.15) is 0 Å². The standard InChI is InChI=1S/C12H21ClN4/c1-9(2)11(14)4-5-17(3)8-10-6-16-12(13)7-15-10/h6-7,9,11H,4-5,8,14H2,1-3H3. The number of nitrogens with zero attached hydrogens (tertiary/aromatic N) is 3. The highest BCUT2D eigenvalue weighted by atomic mass is 35.5. The second kappa shape index (κ2) is 6.89. The van der Waals surface area contributed by atoms with Crippen molar-refractivity contribution in [3.63, 3.8) is 0 Å². The van der Waals surface area contributed by atoms with Gasteiger partial charge in [-0.25, -0.2) is 4.98 Å². The molecule has 0 bridgehead atoms. The Kier molecular flexibility index (Phi) is 5.82. The van der Waals surface area contributed by atoms with Crippen LogP contribution in [0.25, 0.3) is 0 Å². The van der Waals surface area contributed by atoms with Crippen LogP contribution in [0.15, 0.2) is 12.4 Å². The van der Waals surface area contributed by atoms with Gasteiger partial charge in [0.05, 0.1) is 18.1 Å². The molecule has 1 atom stereocenters. The Bertz CT molecular complexity index is 326. The van der Waals surface area contributed by atoms with E-state index >= 15 is 0 Å². The number of aromatic nitrogens is 2. The molecular weight excluding hydrogens is 236 g/mol. The van der Waals surface area contributed by atoms with Crippen molar-refractivity contribution in [2.45, 2.75) is 32.9 Å². The van der Waals surface area contributed by atoms with Gasteiger partial charge < -0.3 is 10.6 Å². The summed E-state index contributed by atoms with van der Waals surface area (Å²) in [4.78, 5) is 10.4. The zero-order chi connectivity index (χ0) is 12.8. The van der Waals surface area contributed by atoms with Crippen LogP contribution in [-0.4, -0.2) is 34.5 Å². The van der Waals surface area contributed by atoms with Crippen molar-refractivity contribution in [3.8, 4) is 0 Å². The van der Waals surface area contributed by atoms with E-state index in [4.69, 9.17) is 17.3 Å². The molecule has 17 heavy (non-hydrogen) atoms. The molecule has 0 fully saturated rings. The first-order chi connectivity index (χ1) is 7.99. The van der Waals surface area contributed by atoms with Gasteiger partial charge in [0.1, 0.15) is 5.15 Å². The maximum absolute atomic E-state index is 6.01. The normalized spacial score (nSPS) is 13.4. The van der Waals surface area contributed by atoms with Gasteiger partial charge in [0.25, 0.3) is 0 Å². The van der Waals surface area contributed by atoms with Crippen molar-refractivity contribution in [3.05, 3.63) is 23.2 Å². The minimum atomic E-state index is 0.258. The van der Waals surface area contributed by atoms with Crippen LogP contribution in [0.1, 0.15) is 26.0 Å². The van der Waals surface area contributed by atoms with E-state index in [1.165, 1.54) is 0 Å². The summed E-state index contributed by atoms with van der Waals surface area (Å²) in [7, 11) is 2.06. The molecule has 1 heterocycles. The molecule has 4 nitrogen and oxygen atoms in total. The van der Waals surface area contributed by atoms with Crippen LogP contribution in [-0.2, 0) is 6.54 Å². The van der Waals surface area contributed by atoms with E-state index in [-0.39, 0.29) is 6.04 Å². The summed E-state index contributed by atoms with van der Waals surface area (Å²) in [6.07, 6.45) is 4.28. The van der Waals surface area contributed by atoms with Gasteiger partial charge in [0, 0.05) is 12.6 Å². The van der Waals surface area contributed by atoms with E-state index < -0.39 is 0 Å². The lowest BCUT2D eigenvalue weighted by atomic mass is 10.0. The Hall–Kier alpha value is -0.710. The molecule has 0 saturated heterocycles. The van der Waals surface area contributed by atoms with E-state index in [1.54, 1.807) is 12.4 Å². The van der Waals surface area contributed by atoms with E-state index in [2.05, 4.69) is 35.8 Å². The smallest absolute Gasteiger partial charge is 0.147 e. The van der Waals surface area contributed by atoms with Crippen LogP contribution in [0.3, 0.4) is 0 Å². The minimum absolute atomic E-state index is 0.258. The van der Waals surface area contributed by atoms with Gasteiger partial charge in [0.15, 0.2) is 0 Å². The fraction of sp³-hybridized carbons (Fsp3) is 0.667. The van der Waals surface area contributed by atoms with Crippen molar-refractivity contribution in [1.29, 1.82) is 0 Å². The zero-order valence-corrected chi connectivity index (χ0v) is 11.5. The predicted molar refractivity (Wildman–Crippen MR) is 70.8 cm³/mol. The van der Waals surface area contributed by atoms with Crippen LogP contribution < -0.4 is 5.73 Å². The average molecular weight is 257 g/mol. The summed E-state index contributed by atoms with van der Waals surface area (Å²) in [5.74, 6) is 0.527. The number of rotatable bonds is 6. The molecule has 0 radical (unpaired) electrons. The molecule has 1 aromatic heterocycles. The molecular formula is C12H21ClN4. The molecule has 1 rings (SSSR count). The lowest BCUT2D eigenvalue weighted by molar-refractivity contribution is 0.293. The summed E-state index contributed by atoms with van der Waals surface area (Å²) >= 11 is 5.68. The first kappa shape index (κ1) is 14.4. The van der Waals surface area contributed by atoms with Gasteiger partial charge in [-0.1, -0.05) is 25.4 Å². The van der Waals surface area contributed by atoms with Crippen molar-refractivity contribution in [2.75, 3.05) is 13.6 Å². The predicted octanol–water partition coefficient (Wildman–Crippen LogP) is 1.94. The van der Waals surface area contributed by atoms with Gasteiger partial charge >= 0.3 is 0 Å². The maximum atomic E-state index is 6.01. The average Bonchev–Trinajstić information content (AvgIpc) is 2.29. The first-order valence-electron chi connectivity index (χ1n) is 5.89. The minimum Gasteiger partial charge on any atom is -0.327 e. The van der Waals surface area contributed by atoms with Gasteiger partial charge in [-0.05, 0) is 25.9 Å². The second-order valence-corrected chi connectivity index (χ2v) is 5.15. The van der Waals surface area contributed by atoms with Crippen LogP contribution >= 0.6 is 11.6 Å². The lowest BCUT2D eigenvalue weighted by Gasteiger charge is -2.20. The van der Waals surface area contributed by atoms with Crippen molar-refractivity contribution in [1.82, 2.24) is 14.9 Å². The number of nitrogens with two attached hydrogens (primary N) is 1. The number of halogens is 1. The third kappa shape index (κ3) is 5.44. The molecule has 0 aromatic carbocycles. The Morgan fingerprint density at radius 2 is 2.06 bits per heavy atom. The summed E-state index contributed by atoms with van der Waals surface area (Å²) in [6.45, 7) is 6.03. The van der Waals surface area contributed by atoms with Crippen molar-refractivity contribution >= 4 is 11.6 Å². The van der Waals surface area contributed by atoms with Crippen molar-refractivity contribution < 1.29 is 0 Å². The van der Waals surface area contributed by atoms with Gasteiger partial charge in [-0.3, -0.25) is 4.98 Å². The lowest BCUT2D eigenvalue weighted by Crippen LogP contribution is -2.31. The van der Waals surface area contributed by atoms with Crippen LogP contribution in [0.2, 0.25) is 5.15 Å². The summed E-state index contributed by atoms with van der Waals surface area (Å²) < 4.78 is 0. The Morgan fingerprint density at radius 1 is 1.35 bits per heavy atom. The Balaban J connectivity index is 2.34. The fourth-order valence-corrected chi connectivity index (χ4v) is 1.58. The molecule has 0 aliphatic carbocycles. The molecule has 96 valence electrons. The summed E-state index contributed by atoms with van der Waals surface area (Å²) in [6, 6.07) is 0.258. The van der Waals surface area contributed by atoms with Gasteiger partial charge in [-0.15, -0.1) is 0 Å². The summed E-state index contributed by atoms with van der Waals surface area (Å²) in [5.41, 5.74) is 6.93. The molecule has 1 aromatic rings. The summed E-state index contributed by atoms with van der Waals surface area (Å²) in [5, 5.41) is 0.429. The molecule has 1 unspecified atom stereocenters. The highest BCUT2D eigenvalue weighted by Gasteiger charge is 2.09. The molecule has 0 aliphatic heterocycles. The second-order valence-electron chi connectivity index (χ2n) is 4.76. The SMILES string of the molecule is CC(C)C(N)CCN(C)Cc1cnc(Cl)cn1. The Morgan fingerprint density at radius 3 is 2.59 bits per heavy atom. The largest absolute Gasteiger partial charge is 0.327 e. The molecule has 2 N–H and O–H groups in total. The fourth-order valence-electron chi connectivity index (χ4n) is 1.48. The first-order valence-corrected chi connectivity index (χ1v) is 6.27. The van der Waals surface area contributed by atoms with E-state index in [0.29, 0.717) is 11.1 Å². The van der Waals surface area contributed by atoms with E-state index in [9.17, 15) is 0 Å². The van der Waals surface area contributed by atoms with Crippen molar-refractivity contribution in [2.24, 2.45) is 11.7 Å². The Labute approximate surface area is 108 Å². The van der Waals surface area contributed by atoms with E-state index in [0.717, 1.165) is 25.2 Å². The van der Waals surface area contributed by atoms with Crippen LogP contribution in [0.4, 0.5) is 0 Å². The molecule has 0 spiro atoms. The zero-order valence-electron chi connectivity index (χ0n) is 10.7. The number of hydrogen-bond donors (Lipinski definition) is 1. The highest BCUT2D eigenvalue weighted by Crippen LogP contribution is 2.06. The van der Waals surface area contributed by atoms with E-state index in [1.807, 2.05) is 0 Å². The quantitative estimate of drug-likeness (QED) is 0.845. The van der Waals surface area contributed by atoms with Gasteiger partial charge in [0.2, 0.25) is 0 Å². The monoisotopic (exact) mass is 256 g/mol. The third-order valence-electron chi connectivity index (χ3n) is 2.81. The van der Waals surface area contributed by atoms with Crippen LogP contribution in [0.5, 0.6) is 0 Å². The van der Waals surface area contributed by atoms with Crippen LogP contribution in [0, 0.1) is 5.92 Å². The highest BCUT2D eigenvalue weighted by molar-refractivity contribution is 6.29. The molecule has 0 amide bonds. The number of hydrogen-bond acceptors (Lipinski definition) is 4. The molecule has 0 aliphatic rings. The maximum Gasteiger partial charge on any atom is 0.147 e. The topological polar surface area (TPSA) is 55.0 Å². The molecule has 5 heteroatoms.